The standard InChI is InChI=1S/C51H68N2O21S/c1-13-22-65-38-27-51(49(63)68-25-16-4,75-36-20-18-17-19-21-36)74-44(41(38)53(30(6)55)31(7)56)45(66-23-14-2)46(67-24-15-3)47(61)50(48(62)64-12)26-37(70-33(9)58)40(52-29(5)54)43(73-50)42(72-35(11)60)39(71-34(10)59)28-69-32(8)57/h13-21,37-47,61H,1-4,22-28H2,5-12H3,(H,52,54)/t37-,38-,39-,40+,41+,42+,43+,44+,45-,46-,47-,50-,51-/m0/s1. The molecule has 0 aromatic heterocycles. The molecule has 24 heteroatoms. The highest BCUT2D eigenvalue weighted by Crippen LogP contribution is 2.48. The number of esters is 6. The maximum atomic E-state index is 14.9. The Morgan fingerprint density at radius 3 is 1.84 bits per heavy atom. The van der Waals surface area contributed by atoms with Crippen molar-refractivity contribution in [2.75, 3.05) is 40.1 Å². The second-order valence-electron chi connectivity index (χ2n) is 17.1. The fourth-order valence-corrected chi connectivity index (χ4v) is 10.0. The Morgan fingerprint density at radius 1 is 0.720 bits per heavy atom. The van der Waals surface area contributed by atoms with Gasteiger partial charge in [0, 0.05) is 66.2 Å². The van der Waals surface area contributed by atoms with Crippen molar-refractivity contribution in [1.29, 1.82) is 0 Å². The van der Waals surface area contributed by atoms with Crippen LogP contribution in [0.5, 0.6) is 0 Å². The average Bonchev–Trinajstić information content (AvgIpc) is 3.34. The number of ether oxygens (including phenoxy) is 11. The molecule has 23 nitrogen and oxygen atoms in total. The molecule has 2 N–H and O–H groups in total. The third-order valence-electron chi connectivity index (χ3n) is 11.4. The van der Waals surface area contributed by atoms with Gasteiger partial charge in [0.1, 0.15) is 49.8 Å². The van der Waals surface area contributed by atoms with E-state index < -0.39 is 164 Å². The Hall–Kier alpha value is -6.28. The molecule has 0 spiro atoms. The minimum atomic E-state index is -2.93. The van der Waals surface area contributed by atoms with Gasteiger partial charge in [0.05, 0.1) is 45.1 Å². The summed E-state index contributed by atoms with van der Waals surface area (Å²) < 4.78 is 66.1. The fourth-order valence-electron chi connectivity index (χ4n) is 8.81. The Kier molecular flexibility index (Phi) is 25.0. The first-order valence-corrected chi connectivity index (χ1v) is 24.3. The lowest BCUT2D eigenvalue weighted by Crippen LogP contribution is -2.74. The molecule has 75 heavy (non-hydrogen) atoms. The fraction of sp³-hybridized carbons (Fsp3) is 0.549. The highest BCUT2D eigenvalue weighted by Gasteiger charge is 2.66. The van der Waals surface area contributed by atoms with E-state index in [1.54, 1.807) is 30.3 Å². The number of hydrogen-bond acceptors (Lipinski definition) is 22. The van der Waals surface area contributed by atoms with E-state index in [1.807, 2.05) is 0 Å². The summed E-state index contributed by atoms with van der Waals surface area (Å²) in [6.45, 7) is 19.9. The Balaban J connectivity index is 2.63. The lowest BCUT2D eigenvalue weighted by molar-refractivity contribution is -0.284. The molecular formula is C51H68N2O21S. The quantitative estimate of drug-likeness (QED) is 0.0692. The molecule has 3 amide bonds. The van der Waals surface area contributed by atoms with Gasteiger partial charge < -0.3 is 62.5 Å². The number of carbonyl (C=O) groups is 9. The van der Waals surface area contributed by atoms with Gasteiger partial charge in [-0.2, -0.15) is 0 Å². The minimum absolute atomic E-state index is 0.217. The number of carbonyl (C=O) groups excluding carboxylic acids is 9. The maximum Gasteiger partial charge on any atom is 0.349 e. The van der Waals surface area contributed by atoms with Crippen LogP contribution >= 0.6 is 11.8 Å². The van der Waals surface area contributed by atoms with Crippen molar-refractivity contribution in [3.8, 4) is 0 Å². The predicted molar refractivity (Wildman–Crippen MR) is 264 cm³/mol. The zero-order valence-corrected chi connectivity index (χ0v) is 44.1. The number of rotatable bonds is 28. The summed E-state index contributed by atoms with van der Waals surface area (Å²) in [5.41, 5.74) is -2.93. The number of aliphatic hydroxyl groups is 1. The molecule has 2 aliphatic heterocycles. The summed E-state index contributed by atoms with van der Waals surface area (Å²) in [4.78, 5) is 120. The van der Waals surface area contributed by atoms with Crippen LogP contribution in [0.25, 0.3) is 0 Å². The smallest absolute Gasteiger partial charge is 0.349 e. The Labute approximate surface area is 439 Å². The van der Waals surface area contributed by atoms with Gasteiger partial charge in [0.15, 0.2) is 17.8 Å². The van der Waals surface area contributed by atoms with Crippen molar-refractivity contribution in [2.45, 2.75) is 144 Å². The molecule has 0 unspecified atom stereocenters. The number of hydrogen-bond donors (Lipinski definition) is 2. The normalized spacial score (nSPS) is 25.1. The highest BCUT2D eigenvalue weighted by atomic mass is 32.2. The van der Waals surface area contributed by atoms with E-state index in [4.69, 9.17) is 52.1 Å². The van der Waals surface area contributed by atoms with Crippen LogP contribution in [0.15, 0.2) is 85.8 Å². The number of imide groups is 1. The zero-order valence-electron chi connectivity index (χ0n) is 43.3. The molecule has 2 aliphatic rings. The maximum absolute atomic E-state index is 14.9. The highest BCUT2D eigenvalue weighted by molar-refractivity contribution is 8.01. The van der Waals surface area contributed by atoms with Gasteiger partial charge in [-0.15, -0.1) is 19.7 Å². The minimum Gasteiger partial charge on any atom is -0.467 e. The van der Waals surface area contributed by atoms with Gasteiger partial charge in [0.25, 0.3) is 0 Å². The van der Waals surface area contributed by atoms with E-state index >= 15 is 0 Å². The van der Waals surface area contributed by atoms with Crippen LogP contribution in [0.1, 0.15) is 61.3 Å². The van der Waals surface area contributed by atoms with Gasteiger partial charge in [-0.3, -0.25) is 38.5 Å². The largest absolute Gasteiger partial charge is 0.467 e. The SMILES string of the molecule is C=CCOC(=O)[C@@]1(Sc2ccccc2)C[C@H](OCC=C)[C@@H](N(C(C)=O)C(C)=O)[C@H]([C@H](OCC=C)[C@H](OCC=C)[C@H](O)[C@]2(C(=O)OC)C[C@H](OC(C)=O)[C@@H](NC(C)=O)[C@H]([C@H](OC(C)=O)[C@H](COC(C)=O)OC(C)=O)O2)O1. The molecule has 2 heterocycles. The van der Waals surface area contributed by atoms with E-state index in [9.17, 15) is 48.3 Å². The number of nitrogens with zero attached hydrogens (tertiary/aromatic N) is 1. The molecule has 13 atom stereocenters. The van der Waals surface area contributed by atoms with Gasteiger partial charge >= 0.3 is 35.8 Å². The Bertz CT molecular complexity index is 2210. The van der Waals surface area contributed by atoms with E-state index in [2.05, 4.69) is 31.6 Å². The van der Waals surface area contributed by atoms with Crippen LogP contribution in [0.3, 0.4) is 0 Å². The van der Waals surface area contributed by atoms with Crippen molar-refractivity contribution >= 4 is 65.3 Å². The summed E-state index contributed by atoms with van der Waals surface area (Å²) in [6.07, 6.45) is -13.3. The van der Waals surface area contributed by atoms with Gasteiger partial charge in [-0.25, -0.2) is 9.59 Å². The lowest BCUT2D eigenvalue weighted by Gasteiger charge is -2.54. The van der Waals surface area contributed by atoms with Crippen molar-refractivity contribution < 1.29 is 100 Å². The molecule has 2 fully saturated rings. The van der Waals surface area contributed by atoms with Crippen LogP contribution in [0.2, 0.25) is 0 Å². The van der Waals surface area contributed by atoms with Crippen molar-refractivity contribution in [3.05, 3.63) is 81.0 Å². The van der Waals surface area contributed by atoms with Crippen LogP contribution in [-0.2, 0) is 95.3 Å². The zero-order chi connectivity index (χ0) is 56.2. The van der Waals surface area contributed by atoms with Crippen LogP contribution in [-0.4, -0.2) is 181 Å². The van der Waals surface area contributed by atoms with E-state index in [0.717, 1.165) is 72.2 Å². The third kappa shape index (κ3) is 16.9. The first kappa shape index (κ1) is 63.0. The number of methoxy groups -OCH3 is 1. The number of benzene rings is 1. The molecule has 414 valence electrons. The van der Waals surface area contributed by atoms with Gasteiger partial charge in [-0.1, -0.05) is 60.8 Å². The number of nitrogens with one attached hydrogen (secondary N) is 1. The summed E-state index contributed by atoms with van der Waals surface area (Å²) in [7, 11) is 0.913. The summed E-state index contributed by atoms with van der Waals surface area (Å²) in [5, 5.41) is 16.0. The van der Waals surface area contributed by atoms with Crippen molar-refractivity contribution in [1.82, 2.24) is 10.2 Å². The number of aliphatic hydroxyl groups excluding tert-OH is 1. The topological polar surface area (TPSA) is 291 Å². The molecule has 0 saturated carbocycles. The van der Waals surface area contributed by atoms with Gasteiger partial charge in [-0.05, 0) is 12.1 Å². The van der Waals surface area contributed by atoms with Crippen molar-refractivity contribution in [2.24, 2.45) is 0 Å². The first-order chi connectivity index (χ1) is 35.5. The van der Waals surface area contributed by atoms with Crippen LogP contribution < -0.4 is 5.32 Å². The molecule has 0 aliphatic carbocycles. The van der Waals surface area contributed by atoms with Crippen LogP contribution in [0, 0.1) is 0 Å². The predicted octanol–water partition coefficient (Wildman–Crippen LogP) is 2.39. The summed E-state index contributed by atoms with van der Waals surface area (Å²) in [6, 6.07) is 5.24. The number of thioether (sulfide) groups is 1. The molecule has 1 aromatic rings. The number of amides is 3. The van der Waals surface area contributed by atoms with Crippen molar-refractivity contribution in [3.63, 3.8) is 0 Å². The first-order valence-electron chi connectivity index (χ1n) is 23.5. The molecule has 0 radical (unpaired) electrons. The summed E-state index contributed by atoms with van der Waals surface area (Å²) in [5.74, 6) is -8.78. The Morgan fingerprint density at radius 2 is 1.32 bits per heavy atom. The van der Waals surface area contributed by atoms with E-state index in [1.165, 1.54) is 24.3 Å². The van der Waals surface area contributed by atoms with E-state index in [-0.39, 0.29) is 13.2 Å². The molecule has 2 saturated heterocycles. The monoisotopic (exact) mass is 1080 g/mol. The third-order valence-corrected chi connectivity index (χ3v) is 12.7. The average molecular weight is 1080 g/mol. The lowest BCUT2D eigenvalue weighted by atomic mass is 9.76. The van der Waals surface area contributed by atoms with Gasteiger partial charge in [0.2, 0.25) is 22.7 Å². The molecular weight excluding hydrogens is 1010 g/mol. The van der Waals surface area contributed by atoms with E-state index in [0.29, 0.717) is 4.90 Å². The second kappa shape index (κ2) is 29.7. The van der Waals surface area contributed by atoms with Crippen LogP contribution in [0.4, 0.5) is 0 Å². The molecule has 0 bridgehead atoms. The molecule has 3 rings (SSSR count). The summed E-state index contributed by atoms with van der Waals surface area (Å²) >= 11 is 0.878. The second-order valence-corrected chi connectivity index (χ2v) is 18.4. The molecule has 1 aromatic carbocycles.